The van der Waals surface area contributed by atoms with Crippen LogP contribution in [0.4, 0.5) is 13.2 Å². The fourth-order valence-corrected chi connectivity index (χ4v) is 1.51. The van der Waals surface area contributed by atoms with Crippen molar-refractivity contribution in [1.29, 1.82) is 0 Å². The second-order valence-corrected chi connectivity index (χ2v) is 5.50. The largest absolute Gasteiger partial charge is 0.416 e. The highest BCUT2D eigenvalue weighted by Gasteiger charge is 2.30. The van der Waals surface area contributed by atoms with Gasteiger partial charge < -0.3 is 0 Å². The maximum absolute atomic E-state index is 12.2. The van der Waals surface area contributed by atoms with Gasteiger partial charge in [0.15, 0.2) is 3.79 Å². The van der Waals surface area contributed by atoms with Crippen LogP contribution >= 0.6 is 34.8 Å². The third-order valence-electron chi connectivity index (χ3n) is 1.69. The van der Waals surface area contributed by atoms with Crippen molar-refractivity contribution in [2.24, 2.45) is 0 Å². The van der Waals surface area contributed by atoms with Crippen molar-refractivity contribution < 1.29 is 13.2 Å². The van der Waals surface area contributed by atoms with Crippen molar-refractivity contribution in [3.05, 3.63) is 35.4 Å². The van der Waals surface area contributed by atoms with E-state index in [4.69, 9.17) is 34.8 Å². The summed E-state index contributed by atoms with van der Waals surface area (Å²) in [7, 11) is 0. The molecule has 0 aromatic heterocycles. The molecule has 0 bridgehead atoms. The molecule has 0 N–H and O–H groups in total. The van der Waals surface area contributed by atoms with Crippen LogP contribution in [-0.4, -0.2) is 3.79 Å². The van der Waals surface area contributed by atoms with Gasteiger partial charge in [-0.15, -0.1) is 0 Å². The van der Waals surface area contributed by atoms with Gasteiger partial charge in [-0.1, -0.05) is 46.9 Å². The molecule has 0 aliphatic heterocycles. The molecule has 84 valence electrons. The molecular weight excluding hydrogens is 271 g/mol. The van der Waals surface area contributed by atoms with E-state index < -0.39 is 15.5 Å². The van der Waals surface area contributed by atoms with Crippen molar-refractivity contribution in [2.75, 3.05) is 0 Å². The normalized spacial score (nSPS) is 12.9. The van der Waals surface area contributed by atoms with Gasteiger partial charge in [0.05, 0.1) is 5.56 Å². The molecule has 0 saturated carbocycles. The topological polar surface area (TPSA) is 0 Å². The fourth-order valence-electron chi connectivity index (χ4n) is 1.04. The molecule has 0 aliphatic carbocycles. The maximum Gasteiger partial charge on any atom is 0.416 e. The Labute approximate surface area is 99.9 Å². The van der Waals surface area contributed by atoms with Crippen LogP contribution in [-0.2, 0) is 12.6 Å². The molecule has 1 rings (SSSR count). The molecule has 1 aromatic carbocycles. The lowest BCUT2D eigenvalue weighted by Crippen LogP contribution is -2.08. The zero-order valence-corrected chi connectivity index (χ0v) is 9.55. The van der Waals surface area contributed by atoms with Crippen molar-refractivity contribution in [2.45, 2.75) is 16.4 Å². The summed E-state index contributed by atoms with van der Waals surface area (Å²) in [4.78, 5) is 0. The number of hydrogen-bond acceptors (Lipinski definition) is 0. The van der Waals surface area contributed by atoms with Gasteiger partial charge in [-0.3, -0.25) is 0 Å². The molecule has 0 nitrogen and oxygen atoms in total. The van der Waals surface area contributed by atoms with Crippen LogP contribution in [0.5, 0.6) is 0 Å². The summed E-state index contributed by atoms with van der Waals surface area (Å²) in [5.41, 5.74) is -0.168. The summed E-state index contributed by atoms with van der Waals surface area (Å²) in [5, 5.41) is 0. The molecule has 0 unspecified atom stereocenters. The van der Waals surface area contributed by atoms with Crippen molar-refractivity contribution in [3.63, 3.8) is 0 Å². The third kappa shape index (κ3) is 4.49. The summed E-state index contributed by atoms with van der Waals surface area (Å²) in [6.07, 6.45) is -4.26. The van der Waals surface area contributed by atoms with E-state index in [1.165, 1.54) is 12.1 Å². The quantitative estimate of drug-likeness (QED) is 0.657. The van der Waals surface area contributed by atoms with Crippen molar-refractivity contribution >= 4 is 34.8 Å². The highest BCUT2D eigenvalue weighted by Crippen LogP contribution is 2.32. The average molecular weight is 278 g/mol. The van der Waals surface area contributed by atoms with Crippen LogP contribution in [0.2, 0.25) is 0 Å². The van der Waals surface area contributed by atoms with Crippen LogP contribution < -0.4 is 0 Å². The first-order valence-corrected chi connectivity index (χ1v) is 5.05. The van der Waals surface area contributed by atoms with Crippen LogP contribution in [0.3, 0.4) is 0 Å². The molecule has 15 heavy (non-hydrogen) atoms. The summed E-state index contributed by atoms with van der Waals surface area (Å²) in [5.74, 6) is 0. The summed E-state index contributed by atoms with van der Waals surface area (Å²) >= 11 is 16.5. The molecule has 0 fully saturated rings. The van der Waals surface area contributed by atoms with E-state index >= 15 is 0 Å². The number of rotatable bonds is 1. The molecule has 6 heteroatoms. The van der Waals surface area contributed by atoms with Gasteiger partial charge in [-0.2, -0.15) is 13.2 Å². The maximum atomic E-state index is 12.2. The highest BCUT2D eigenvalue weighted by atomic mass is 35.6. The molecule has 0 radical (unpaired) electrons. The second kappa shape index (κ2) is 4.40. The van der Waals surface area contributed by atoms with Crippen molar-refractivity contribution in [1.82, 2.24) is 0 Å². The standard InChI is InChI=1S/C9H6Cl3F3/c10-8(11,12)5-6-1-3-7(4-2-6)9(13,14)15/h1-4H,5H2. The SMILES string of the molecule is FC(F)(F)c1ccc(CC(Cl)(Cl)Cl)cc1. The Hall–Kier alpha value is -0.120. The third-order valence-corrected chi connectivity index (χ3v) is 2.09. The van der Waals surface area contributed by atoms with Gasteiger partial charge in [0, 0.05) is 6.42 Å². The Bertz CT molecular complexity index is 324. The zero-order chi connectivity index (χ0) is 11.7. The molecule has 0 heterocycles. The smallest absolute Gasteiger partial charge is 0.166 e. The van der Waals surface area contributed by atoms with Gasteiger partial charge in [0.25, 0.3) is 0 Å². The van der Waals surface area contributed by atoms with E-state index in [-0.39, 0.29) is 6.42 Å². The predicted octanol–water partition coefficient (Wildman–Crippen LogP) is 4.62. The van der Waals surface area contributed by atoms with Crippen LogP contribution in [0, 0.1) is 0 Å². The number of alkyl halides is 6. The Balaban J connectivity index is 2.82. The second-order valence-electron chi connectivity index (χ2n) is 2.99. The van der Waals surface area contributed by atoms with E-state index in [1.807, 2.05) is 0 Å². The minimum Gasteiger partial charge on any atom is -0.166 e. The van der Waals surface area contributed by atoms with Crippen LogP contribution in [0.25, 0.3) is 0 Å². The molecule has 0 amide bonds. The summed E-state index contributed by atoms with van der Waals surface area (Å²) in [6, 6.07) is 4.52. The molecule has 0 atom stereocenters. The van der Waals surface area contributed by atoms with Crippen LogP contribution in [0.15, 0.2) is 24.3 Å². The number of halogens is 6. The van der Waals surface area contributed by atoms with Gasteiger partial charge in [0.2, 0.25) is 0 Å². The lowest BCUT2D eigenvalue weighted by molar-refractivity contribution is -0.137. The Morgan fingerprint density at radius 1 is 0.933 bits per heavy atom. The molecule has 1 aromatic rings. The van der Waals surface area contributed by atoms with E-state index in [1.54, 1.807) is 0 Å². The summed E-state index contributed by atoms with van der Waals surface area (Å²) < 4.78 is 35.1. The highest BCUT2D eigenvalue weighted by molar-refractivity contribution is 6.67. The lowest BCUT2D eigenvalue weighted by atomic mass is 10.1. The minimum atomic E-state index is -4.33. The molecule has 0 aliphatic rings. The summed E-state index contributed by atoms with van der Waals surface area (Å²) in [6.45, 7) is 0. The monoisotopic (exact) mass is 276 g/mol. The van der Waals surface area contributed by atoms with E-state index in [9.17, 15) is 13.2 Å². The van der Waals surface area contributed by atoms with Crippen molar-refractivity contribution in [3.8, 4) is 0 Å². The first-order valence-electron chi connectivity index (χ1n) is 3.91. The lowest BCUT2D eigenvalue weighted by Gasteiger charge is -2.11. The first-order chi connectivity index (χ1) is 6.68. The Morgan fingerprint density at radius 2 is 1.40 bits per heavy atom. The van der Waals surface area contributed by atoms with Gasteiger partial charge in [-0.25, -0.2) is 0 Å². The van der Waals surface area contributed by atoms with Gasteiger partial charge in [-0.05, 0) is 17.7 Å². The molecule has 0 spiro atoms. The minimum absolute atomic E-state index is 0.0792. The van der Waals surface area contributed by atoms with Gasteiger partial charge >= 0.3 is 6.18 Å². The molecule has 0 saturated heterocycles. The van der Waals surface area contributed by atoms with E-state index in [0.29, 0.717) is 5.56 Å². The fraction of sp³-hybridized carbons (Fsp3) is 0.333. The van der Waals surface area contributed by atoms with E-state index in [0.717, 1.165) is 12.1 Å². The molecular formula is C9H6Cl3F3. The van der Waals surface area contributed by atoms with Crippen LogP contribution in [0.1, 0.15) is 11.1 Å². The first kappa shape index (κ1) is 12.9. The Morgan fingerprint density at radius 3 is 1.73 bits per heavy atom. The average Bonchev–Trinajstić information content (AvgIpc) is 2.00. The number of hydrogen-bond donors (Lipinski definition) is 0. The predicted molar refractivity (Wildman–Crippen MR) is 55.4 cm³/mol. The number of benzene rings is 1. The zero-order valence-electron chi connectivity index (χ0n) is 7.28. The Kier molecular flexibility index (Phi) is 3.80. The van der Waals surface area contributed by atoms with E-state index in [2.05, 4.69) is 0 Å². The van der Waals surface area contributed by atoms with Gasteiger partial charge in [0.1, 0.15) is 0 Å².